The van der Waals surface area contributed by atoms with E-state index in [-0.39, 0.29) is 87.9 Å². The average Bonchev–Trinajstić information content (AvgIpc) is 1.59. The summed E-state index contributed by atoms with van der Waals surface area (Å²) in [6, 6.07) is 8.35. The SMILES string of the molecule is Cc1ccn(CC(=O)[C@H]2[C@H](C#N)C[C@H]3[C@@H]4CC[C@@H]5C[C@](C)(O)CC[C@@H]5[C@H]4CC[C@@]32C)c1.[C-]#[N+]c1cc(C#N)nn1CC(=O)[C@H]1C[C@@H](C2CCC2)[C@H]2[C@@H]3CC[C@@H]4C[C@](C)(O)CC[C@@H]4[C@H]3CC[C@@]21C.[C-]#[N+]c1cnn(CC(=O)[C@H]2C[C@@H](n3cc(C)cn3)[C@H]3[C@@H]4CC[C@@H]5C[C@](C)(O)CC[C@@H]5[C@H]4CC[C@@]32C)c1. The maximum absolute atomic E-state index is 13.9. The number of nitrogens with zero attached hydrogens (tertiary/aromatic N) is 11. The van der Waals surface area contributed by atoms with Crippen LogP contribution in [0.2, 0.25) is 0 Å². The number of Topliss-reactive ketones (excluding diaryl/α,β-unsaturated/α-hetero) is 3. The van der Waals surface area contributed by atoms with Crippen LogP contribution in [0.25, 0.3) is 9.69 Å². The van der Waals surface area contributed by atoms with E-state index in [2.05, 4.69) is 64.5 Å². The highest BCUT2D eigenvalue weighted by Crippen LogP contribution is 2.71. The van der Waals surface area contributed by atoms with Gasteiger partial charge in [0.1, 0.15) is 6.07 Å². The van der Waals surface area contributed by atoms with Gasteiger partial charge in [0.15, 0.2) is 29.6 Å². The monoisotopic (exact) mass is 1400 g/mol. The van der Waals surface area contributed by atoms with Crippen molar-refractivity contribution in [3.8, 4) is 12.1 Å². The highest BCUT2D eigenvalue weighted by Gasteiger charge is 2.67. The van der Waals surface area contributed by atoms with Crippen molar-refractivity contribution in [2.24, 2.45) is 141 Å². The molecule has 13 aliphatic rings. The zero-order chi connectivity index (χ0) is 72.4. The first kappa shape index (κ1) is 72.3. The molecule has 17 heteroatoms. The molecule has 4 aromatic heterocycles. The normalized spacial score (nSPS) is 43.9. The summed E-state index contributed by atoms with van der Waals surface area (Å²) in [5, 5.41) is 64.7. The van der Waals surface area contributed by atoms with Crippen molar-refractivity contribution >= 4 is 28.9 Å². The van der Waals surface area contributed by atoms with E-state index in [9.17, 15) is 40.2 Å². The number of carbonyl (C=O) groups is 3. The average molecular weight is 1400 g/mol. The van der Waals surface area contributed by atoms with Crippen molar-refractivity contribution in [2.45, 2.75) is 271 Å². The van der Waals surface area contributed by atoms with Gasteiger partial charge in [-0.3, -0.25) is 23.7 Å². The molecule has 17 nitrogen and oxygen atoms in total. The van der Waals surface area contributed by atoms with Gasteiger partial charge >= 0.3 is 0 Å². The van der Waals surface area contributed by atoms with Crippen LogP contribution in [0.5, 0.6) is 0 Å². The van der Waals surface area contributed by atoms with Crippen LogP contribution in [-0.4, -0.2) is 83.4 Å². The molecule has 17 rings (SSSR count). The molecule has 0 aliphatic heterocycles. The van der Waals surface area contributed by atoms with E-state index in [0.717, 1.165) is 119 Å². The van der Waals surface area contributed by atoms with E-state index in [1.54, 1.807) is 17.1 Å². The molecular formula is C86H117N11O6. The van der Waals surface area contributed by atoms with Crippen LogP contribution in [0.15, 0.2) is 49.3 Å². The highest BCUT2D eigenvalue weighted by atomic mass is 16.3. The molecule has 103 heavy (non-hydrogen) atoms. The standard InChI is InChI=1S/C30H40N4O2.C29H39N5O2.C27H38N2O2/c1-29(36)11-9-21-19(15-29)7-8-23-22(21)10-12-30(2)25(14-24(28(23)30)18-5-4-6-18)26(35)17-34-27(32-3)13-20(16-31)33-34;1-18-13-32-34(15-18)25-11-24(26(35)17-33-16-20(30-4)14-31-33)29(3)10-8-22-21-7-9-28(2,36)12-19(21)5-6-23(22)27(25)29;1-17-8-11-29(15-17)16-24(30)25-19(14-28)12-23-22-5-4-18-13-26(2,31)9-6-20(18)21(22)7-10-27(23,25)3/h13,18-19,21-25,28,36H,4-12,14-15,17H2,1-2H3;13-16,19,21-25,27,36H,5-12,17H2,1-3H3;8,11,15,18-23,25,31H,4-7,9-10,12-13,16H2,1-3H3/t19-,21+,22-,23-,24+,25-,28-,29-,30-;19-,21+,22-,23-,24-,25-,27-,28-,29-;18-,19+,20+,21-,22-,23+,25-,26-,27+/m111/s1. The van der Waals surface area contributed by atoms with E-state index >= 15 is 0 Å². The van der Waals surface area contributed by atoms with Gasteiger partial charge in [-0.15, -0.1) is 0 Å². The summed E-state index contributed by atoms with van der Waals surface area (Å²) in [6.45, 7) is 32.8. The van der Waals surface area contributed by atoms with Gasteiger partial charge < -0.3 is 24.7 Å². The lowest BCUT2D eigenvalue weighted by Crippen LogP contribution is -2.52. The molecule has 0 unspecified atom stereocenters. The third kappa shape index (κ3) is 13.2. The Hall–Kier alpha value is -6.24. The molecule has 0 radical (unpaired) electrons. The minimum Gasteiger partial charge on any atom is -0.390 e. The van der Waals surface area contributed by atoms with E-state index in [1.807, 2.05) is 63.0 Å². The number of fused-ring (bicyclic) bond motifs is 15. The number of nitriles is 2. The summed E-state index contributed by atoms with van der Waals surface area (Å²) in [5.41, 5.74) is 1.49. The third-order valence-electron chi connectivity index (χ3n) is 32.5. The zero-order valence-electron chi connectivity index (χ0n) is 63.0. The lowest BCUT2D eigenvalue weighted by atomic mass is 9.47. The molecule has 0 bridgehead atoms. The molecule has 13 aliphatic carbocycles. The molecule has 27 atom stereocenters. The fourth-order valence-corrected chi connectivity index (χ4v) is 28.1. The van der Waals surface area contributed by atoms with Crippen molar-refractivity contribution in [2.75, 3.05) is 0 Å². The summed E-state index contributed by atoms with van der Waals surface area (Å²) >= 11 is 0. The zero-order valence-corrected chi connectivity index (χ0v) is 63.0. The van der Waals surface area contributed by atoms with Crippen LogP contribution in [0, 0.1) is 190 Å². The molecule has 13 fully saturated rings. The molecule has 0 aromatic carbocycles. The largest absolute Gasteiger partial charge is 0.390 e. The summed E-state index contributed by atoms with van der Waals surface area (Å²) in [7, 11) is 0. The second-order valence-corrected chi connectivity index (χ2v) is 38.5. The second kappa shape index (κ2) is 27.5. The van der Waals surface area contributed by atoms with Gasteiger partial charge in [0, 0.05) is 48.6 Å². The van der Waals surface area contributed by atoms with Gasteiger partial charge in [0.25, 0.3) is 5.82 Å². The fraction of sp³-hybridized carbons (Fsp3) is 0.767. The number of ketones is 3. The predicted octanol–water partition coefficient (Wildman–Crippen LogP) is 16.4. The number of hydrogen-bond donors (Lipinski definition) is 3. The van der Waals surface area contributed by atoms with Gasteiger partial charge in [-0.1, -0.05) is 51.7 Å². The topological polar surface area (TPSA) is 227 Å². The number of rotatable bonds is 11. The predicted molar refractivity (Wildman–Crippen MR) is 392 cm³/mol. The van der Waals surface area contributed by atoms with E-state index < -0.39 is 16.8 Å². The van der Waals surface area contributed by atoms with Crippen LogP contribution < -0.4 is 0 Å². The maximum Gasteiger partial charge on any atom is 0.253 e. The Morgan fingerprint density at radius 3 is 1.63 bits per heavy atom. The molecule has 0 amide bonds. The van der Waals surface area contributed by atoms with Crippen LogP contribution in [0.3, 0.4) is 0 Å². The lowest BCUT2D eigenvalue weighted by molar-refractivity contribution is -0.135. The van der Waals surface area contributed by atoms with Gasteiger partial charge in [0.05, 0.1) is 66.9 Å². The molecule has 552 valence electrons. The molecule has 3 N–H and O–H groups in total. The van der Waals surface area contributed by atoms with Gasteiger partial charge in [-0.25, -0.2) is 4.85 Å². The van der Waals surface area contributed by atoms with Gasteiger partial charge in [0.2, 0.25) is 5.69 Å². The van der Waals surface area contributed by atoms with E-state index in [0.29, 0.717) is 83.2 Å². The minimum absolute atomic E-state index is 0.0205. The van der Waals surface area contributed by atoms with Gasteiger partial charge in [-0.2, -0.15) is 25.4 Å². The molecule has 13 saturated carbocycles. The number of aryl methyl sites for hydroxylation is 2. The van der Waals surface area contributed by atoms with E-state index in [1.165, 1.54) is 105 Å². The Bertz CT molecular complexity index is 4010. The van der Waals surface area contributed by atoms with Crippen LogP contribution >= 0.6 is 0 Å². The van der Waals surface area contributed by atoms with Crippen LogP contribution in [0.4, 0.5) is 11.5 Å². The summed E-state index contributed by atoms with van der Waals surface area (Å²) in [5.74, 6) is 12.0. The van der Waals surface area contributed by atoms with Crippen molar-refractivity contribution in [3.05, 3.63) is 89.0 Å². The first-order valence-electron chi connectivity index (χ1n) is 40.7. The van der Waals surface area contributed by atoms with Crippen molar-refractivity contribution < 1.29 is 29.7 Å². The van der Waals surface area contributed by atoms with E-state index in [4.69, 9.17) is 18.2 Å². The highest BCUT2D eigenvalue weighted by molar-refractivity contribution is 5.84. The fourth-order valence-electron chi connectivity index (χ4n) is 28.1. The molecule has 4 heterocycles. The molecule has 0 saturated heterocycles. The Morgan fingerprint density at radius 2 is 1.11 bits per heavy atom. The molecule has 4 aromatic rings. The number of aromatic nitrogens is 7. The second-order valence-electron chi connectivity index (χ2n) is 38.5. The van der Waals surface area contributed by atoms with Crippen molar-refractivity contribution in [3.63, 3.8) is 0 Å². The number of hydrogen-bond acceptors (Lipinski definition) is 11. The maximum atomic E-state index is 13.9. The first-order valence-corrected chi connectivity index (χ1v) is 40.7. The Morgan fingerprint density at radius 1 is 0.553 bits per heavy atom. The lowest BCUT2D eigenvalue weighted by Gasteiger charge is -2.58. The van der Waals surface area contributed by atoms with Crippen molar-refractivity contribution in [1.29, 1.82) is 10.5 Å². The summed E-state index contributed by atoms with van der Waals surface area (Å²) in [4.78, 5) is 48.2. The minimum atomic E-state index is -0.503. The summed E-state index contributed by atoms with van der Waals surface area (Å²) < 4.78 is 7.28. The number of carbonyl (C=O) groups excluding carboxylic acids is 3. The first-order chi connectivity index (χ1) is 49.1. The Balaban J connectivity index is 0.000000125. The Kier molecular flexibility index (Phi) is 19.3. The van der Waals surface area contributed by atoms with Gasteiger partial charge in [-0.05, 0) is 323 Å². The smallest absolute Gasteiger partial charge is 0.253 e. The quantitative estimate of drug-likeness (QED) is 0.120. The molecular weight excluding hydrogens is 1280 g/mol. The summed E-state index contributed by atoms with van der Waals surface area (Å²) in [6.07, 6.45) is 41.4. The van der Waals surface area contributed by atoms with Crippen molar-refractivity contribution in [1.82, 2.24) is 33.9 Å². The Labute approximate surface area is 612 Å². The third-order valence-corrected chi connectivity index (χ3v) is 32.5. The number of aliphatic hydroxyl groups is 3. The van der Waals surface area contributed by atoms with Crippen LogP contribution in [0.1, 0.15) is 238 Å². The molecule has 0 spiro atoms. The van der Waals surface area contributed by atoms with Crippen LogP contribution in [-0.2, 0) is 34.0 Å².